The Balaban J connectivity index is 2.23. The molecule has 0 spiro atoms. The molecule has 1 aromatic rings. The largest absolute Gasteiger partial charge is 0.481 e. The van der Waals surface area contributed by atoms with Crippen molar-refractivity contribution in [1.29, 1.82) is 0 Å². The minimum atomic E-state index is -0.706. The molecule has 1 N–H and O–H groups in total. The molecule has 1 aliphatic heterocycles. The third-order valence-electron chi connectivity index (χ3n) is 3.77. The van der Waals surface area contributed by atoms with Gasteiger partial charge >= 0.3 is 5.97 Å². The summed E-state index contributed by atoms with van der Waals surface area (Å²) in [5, 5.41) is 9.44. The zero-order valence-electron chi connectivity index (χ0n) is 10.9. The van der Waals surface area contributed by atoms with E-state index < -0.39 is 11.4 Å². The van der Waals surface area contributed by atoms with Gasteiger partial charge in [0.25, 0.3) is 0 Å². The lowest BCUT2D eigenvalue weighted by Gasteiger charge is -2.39. The number of aryl methyl sites for hydroxylation is 1. The Bertz CT molecular complexity index is 450. The number of carboxylic acids is 1. The van der Waals surface area contributed by atoms with E-state index in [9.17, 15) is 9.90 Å². The summed E-state index contributed by atoms with van der Waals surface area (Å²) in [7, 11) is 0. The number of aliphatic carboxylic acids is 1. The number of carboxylic acid groups (broad SMARTS) is 1. The van der Waals surface area contributed by atoms with Crippen LogP contribution in [0.15, 0.2) is 12.3 Å². The van der Waals surface area contributed by atoms with Crippen molar-refractivity contribution in [2.75, 3.05) is 18.0 Å². The average Bonchev–Trinajstić information content (AvgIpc) is 2.38. The molecular weight excluding hydrogens is 230 g/mol. The van der Waals surface area contributed by atoms with Crippen LogP contribution in [0.2, 0.25) is 0 Å². The highest BCUT2D eigenvalue weighted by Gasteiger charge is 2.41. The van der Waals surface area contributed by atoms with Crippen molar-refractivity contribution in [2.45, 2.75) is 33.1 Å². The number of hydrogen-bond acceptors (Lipinski definition) is 4. The van der Waals surface area contributed by atoms with Gasteiger partial charge in [-0.1, -0.05) is 6.92 Å². The van der Waals surface area contributed by atoms with Gasteiger partial charge in [0.2, 0.25) is 5.95 Å². The van der Waals surface area contributed by atoms with Crippen LogP contribution >= 0.6 is 0 Å². The van der Waals surface area contributed by atoms with E-state index in [-0.39, 0.29) is 0 Å². The maximum absolute atomic E-state index is 11.5. The lowest BCUT2D eigenvalue weighted by molar-refractivity contribution is -0.149. The molecule has 1 saturated heterocycles. The number of piperidine rings is 1. The van der Waals surface area contributed by atoms with E-state index in [0.29, 0.717) is 18.9 Å². The Hall–Kier alpha value is -1.65. The third kappa shape index (κ3) is 2.30. The predicted molar refractivity (Wildman–Crippen MR) is 68.6 cm³/mol. The highest BCUT2D eigenvalue weighted by molar-refractivity contribution is 5.75. The van der Waals surface area contributed by atoms with Crippen LogP contribution in [0.1, 0.15) is 31.9 Å². The van der Waals surface area contributed by atoms with Gasteiger partial charge in [-0.2, -0.15) is 0 Å². The van der Waals surface area contributed by atoms with Gasteiger partial charge in [-0.05, 0) is 32.3 Å². The van der Waals surface area contributed by atoms with Crippen molar-refractivity contribution in [3.63, 3.8) is 0 Å². The summed E-state index contributed by atoms with van der Waals surface area (Å²) < 4.78 is 0. The van der Waals surface area contributed by atoms with Crippen molar-refractivity contribution >= 4 is 11.9 Å². The first-order chi connectivity index (χ1) is 8.57. The first-order valence-corrected chi connectivity index (χ1v) is 6.35. The minimum Gasteiger partial charge on any atom is -0.481 e. The molecule has 0 radical (unpaired) electrons. The summed E-state index contributed by atoms with van der Waals surface area (Å²) in [6.45, 7) is 5.19. The predicted octanol–water partition coefficient (Wildman–Crippen LogP) is 1.87. The van der Waals surface area contributed by atoms with Gasteiger partial charge in [0.05, 0.1) is 5.41 Å². The SMILES string of the molecule is CCC1(C(=O)O)CCCN(c2nccc(C)n2)C1. The van der Waals surface area contributed by atoms with Crippen LogP contribution < -0.4 is 4.90 Å². The first kappa shape index (κ1) is 12.8. The fourth-order valence-corrected chi connectivity index (χ4v) is 2.50. The highest BCUT2D eigenvalue weighted by Crippen LogP contribution is 2.34. The van der Waals surface area contributed by atoms with Crippen molar-refractivity contribution in [1.82, 2.24) is 9.97 Å². The van der Waals surface area contributed by atoms with E-state index in [1.165, 1.54) is 0 Å². The van der Waals surface area contributed by atoms with E-state index in [4.69, 9.17) is 0 Å². The van der Waals surface area contributed by atoms with Gasteiger partial charge in [-0.15, -0.1) is 0 Å². The maximum atomic E-state index is 11.5. The number of nitrogens with zero attached hydrogens (tertiary/aromatic N) is 3. The minimum absolute atomic E-state index is 0.502. The summed E-state index contributed by atoms with van der Waals surface area (Å²) in [5.74, 6) is -0.0591. The molecule has 0 bridgehead atoms. The molecule has 5 nitrogen and oxygen atoms in total. The van der Waals surface area contributed by atoms with Crippen LogP contribution in [0.5, 0.6) is 0 Å². The molecule has 1 aliphatic rings. The van der Waals surface area contributed by atoms with E-state index in [2.05, 4.69) is 9.97 Å². The monoisotopic (exact) mass is 249 g/mol. The molecule has 98 valence electrons. The molecule has 0 saturated carbocycles. The van der Waals surface area contributed by atoms with Gasteiger partial charge in [-0.3, -0.25) is 4.79 Å². The molecule has 1 aromatic heterocycles. The Kier molecular flexibility index (Phi) is 3.50. The van der Waals surface area contributed by atoms with Gasteiger partial charge in [-0.25, -0.2) is 9.97 Å². The highest BCUT2D eigenvalue weighted by atomic mass is 16.4. The quantitative estimate of drug-likeness (QED) is 0.885. The van der Waals surface area contributed by atoms with Crippen LogP contribution in [0.4, 0.5) is 5.95 Å². The van der Waals surface area contributed by atoms with Crippen LogP contribution in [0.3, 0.4) is 0 Å². The Morgan fingerprint density at radius 1 is 1.61 bits per heavy atom. The fourth-order valence-electron chi connectivity index (χ4n) is 2.50. The van der Waals surface area contributed by atoms with Crippen LogP contribution in [-0.4, -0.2) is 34.1 Å². The Labute approximate surface area is 107 Å². The van der Waals surface area contributed by atoms with Crippen molar-refractivity contribution in [3.8, 4) is 0 Å². The smallest absolute Gasteiger partial charge is 0.311 e. The molecule has 1 atom stereocenters. The summed E-state index contributed by atoms with van der Waals surface area (Å²) >= 11 is 0. The lowest BCUT2D eigenvalue weighted by Crippen LogP contribution is -2.48. The molecule has 2 heterocycles. The zero-order valence-corrected chi connectivity index (χ0v) is 10.9. The standard InChI is InChI=1S/C13H19N3O2/c1-3-13(11(17)18)6-4-8-16(9-13)12-14-7-5-10(2)15-12/h5,7H,3-4,6,8-9H2,1-2H3,(H,17,18). The molecule has 2 rings (SSSR count). The van der Waals surface area contributed by atoms with Crippen LogP contribution in [0.25, 0.3) is 0 Å². The van der Waals surface area contributed by atoms with Gasteiger partial charge < -0.3 is 10.0 Å². The maximum Gasteiger partial charge on any atom is 0.311 e. The van der Waals surface area contributed by atoms with E-state index in [1.807, 2.05) is 24.8 Å². The third-order valence-corrected chi connectivity index (χ3v) is 3.77. The van der Waals surface area contributed by atoms with Gasteiger partial charge in [0, 0.05) is 25.0 Å². The summed E-state index contributed by atoms with van der Waals surface area (Å²) in [4.78, 5) is 22.1. The van der Waals surface area contributed by atoms with Crippen molar-refractivity contribution < 1.29 is 9.90 Å². The second-order valence-corrected chi connectivity index (χ2v) is 4.96. The number of hydrogen-bond donors (Lipinski definition) is 1. The van der Waals surface area contributed by atoms with Crippen LogP contribution in [0, 0.1) is 12.3 Å². The molecule has 1 fully saturated rings. The van der Waals surface area contributed by atoms with E-state index in [0.717, 1.165) is 25.1 Å². The Morgan fingerprint density at radius 2 is 2.39 bits per heavy atom. The molecule has 0 aliphatic carbocycles. The summed E-state index contributed by atoms with van der Waals surface area (Å²) in [5.41, 5.74) is 0.258. The number of aromatic nitrogens is 2. The second kappa shape index (κ2) is 4.92. The Morgan fingerprint density at radius 3 is 3.00 bits per heavy atom. The number of rotatable bonds is 3. The normalized spacial score (nSPS) is 24.0. The van der Waals surface area contributed by atoms with E-state index >= 15 is 0 Å². The summed E-state index contributed by atoms with van der Waals surface area (Å²) in [6.07, 6.45) is 3.98. The molecular formula is C13H19N3O2. The van der Waals surface area contributed by atoms with E-state index in [1.54, 1.807) is 6.20 Å². The zero-order chi connectivity index (χ0) is 13.2. The molecule has 1 unspecified atom stereocenters. The molecule has 5 heteroatoms. The molecule has 0 aromatic carbocycles. The first-order valence-electron chi connectivity index (χ1n) is 6.35. The van der Waals surface area contributed by atoms with Gasteiger partial charge in [0.15, 0.2) is 0 Å². The number of carbonyl (C=O) groups is 1. The molecule has 18 heavy (non-hydrogen) atoms. The second-order valence-electron chi connectivity index (χ2n) is 4.96. The lowest BCUT2D eigenvalue weighted by atomic mass is 9.78. The number of anilines is 1. The van der Waals surface area contributed by atoms with Crippen molar-refractivity contribution in [2.24, 2.45) is 5.41 Å². The topological polar surface area (TPSA) is 66.3 Å². The fraction of sp³-hybridized carbons (Fsp3) is 0.615. The van der Waals surface area contributed by atoms with Crippen LogP contribution in [-0.2, 0) is 4.79 Å². The average molecular weight is 249 g/mol. The van der Waals surface area contributed by atoms with Gasteiger partial charge in [0.1, 0.15) is 0 Å². The summed E-state index contributed by atoms with van der Waals surface area (Å²) in [6, 6.07) is 1.84. The molecule has 0 amide bonds. The van der Waals surface area contributed by atoms with Crippen molar-refractivity contribution in [3.05, 3.63) is 18.0 Å².